The van der Waals surface area contributed by atoms with E-state index in [0.717, 1.165) is 62.2 Å². The van der Waals surface area contributed by atoms with Gasteiger partial charge in [0.15, 0.2) is 0 Å². The fraction of sp³-hybridized carbons (Fsp3) is 0.419. The van der Waals surface area contributed by atoms with Crippen molar-refractivity contribution in [2.45, 2.75) is 59.0 Å². The highest BCUT2D eigenvalue weighted by Gasteiger charge is 2.35. The van der Waals surface area contributed by atoms with Crippen molar-refractivity contribution < 1.29 is 9.53 Å². The third-order valence-corrected chi connectivity index (χ3v) is 7.24. The van der Waals surface area contributed by atoms with Crippen LogP contribution in [0.4, 0.5) is 0 Å². The zero-order chi connectivity index (χ0) is 24.8. The highest BCUT2D eigenvalue weighted by molar-refractivity contribution is 5.81. The van der Waals surface area contributed by atoms with E-state index in [0.29, 0.717) is 17.7 Å². The number of aryl methyl sites for hydroxylation is 1. The van der Waals surface area contributed by atoms with Gasteiger partial charge in [-0.15, -0.1) is 0 Å². The van der Waals surface area contributed by atoms with E-state index < -0.39 is 0 Å². The van der Waals surface area contributed by atoms with Crippen molar-refractivity contribution in [1.29, 1.82) is 0 Å². The topological polar surface area (TPSA) is 42.4 Å². The zero-order valence-corrected chi connectivity index (χ0v) is 21.4. The van der Waals surface area contributed by atoms with Gasteiger partial charge in [0.2, 0.25) is 5.91 Å². The molecule has 0 N–H and O–H groups in total. The molecule has 2 fully saturated rings. The summed E-state index contributed by atoms with van der Waals surface area (Å²) in [5, 5.41) is 0. The Morgan fingerprint density at radius 2 is 1.89 bits per heavy atom. The lowest BCUT2D eigenvalue weighted by Crippen LogP contribution is -2.39. The predicted octanol–water partition coefficient (Wildman–Crippen LogP) is 7.05. The van der Waals surface area contributed by atoms with Crippen LogP contribution in [-0.4, -0.2) is 28.9 Å². The summed E-state index contributed by atoms with van der Waals surface area (Å²) in [6.07, 6.45) is 13.0. The summed E-state index contributed by atoms with van der Waals surface area (Å²) in [6.45, 7) is 12.1. The number of allylic oxidation sites excluding steroid dienone is 5. The molecular weight excluding hydrogens is 432 g/mol. The maximum atomic E-state index is 12.4. The second kappa shape index (κ2) is 11.5. The number of amides is 1. The Balaban J connectivity index is 1.45. The van der Waals surface area contributed by atoms with Crippen molar-refractivity contribution in [3.8, 4) is 11.3 Å². The number of carbonyl (C=O) groups is 1. The SMILES string of the molecule is C=C/C(=C\C=C(/C)OC(C)c1c(CC)cccc1-c1ccccn1)C1CCN(C(=O)C2CC2)CC1. The van der Waals surface area contributed by atoms with Gasteiger partial charge in [-0.2, -0.15) is 0 Å². The summed E-state index contributed by atoms with van der Waals surface area (Å²) < 4.78 is 6.41. The van der Waals surface area contributed by atoms with Gasteiger partial charge < -0.3 is 9.64 Å². The normalized spacial score (nSPS) is 18.3. The summed E-state index contributed by atoms with van der Waals surface area (Å²) in [4.78, 5) is 19.0. The van der Waals surface area contributed by atoms with E-state index in [-0.39, 0.29) is 6.10 Å². The van der Waals surface area contributed by atoms with Gasteiger partial charge in [-0.25, -0.2) is 0 Å². The molecule has 1 aromatic carbocycles. The Morgan fingerprint density at radius 1 is 1.11 bits per heavy atom. The largest absolute Gasteiger partial charge is 0.491 e. The number of likely N-dealkylation sites (tertiary alicyclic amines) is 1. The van der Waals surface area contributed by atoms with Gasteiger partial charge in [-0.3, -0.25) is 9.78 Å². The molecule has 1 atom stereocenters. The van der Waals surface area contributed by atoms with Crippen molar-refractivity contribution in [2.24, 2.45) is 11.8 Å². The zero-order valence-electron chi connectivity index (χ0n) is 21.4. The predicted molar refractivity (Wildman–Crippen MR) is 143 cm³/mol. The van der Waals surface area contributed by atoms with Crippen LogP contribution in [0, 0.1) is 11.8 Å². The van der Waals surface area contributed by atoms with Crippen LogP contribution in [0.3, 0.4) is 0 Å². The molecule has 2 heterocycles. The molecule has 35 heavy (non-hydrogen) atoms. The fourth-order valence-corrected chi connectivity index (χ4v) is 5.13. The minimum atomic E-state index is -0.100. The average Bonchev–Trinajstić information content (AvgIpc) is 3.74. The molecule has 4 heteroatoms. The van der Waals surface area contributed by atoms with Gasteiger partial charge in [0.1, 0.15) is 6.10 Å². The van der Waals surface area contributed by atoms with E-state index in [1.165, 1.54) is 16.7 Å². The number of carbonyl (C=O) groups excluding carboxylic acids is 1. The maximum absolute atomic E-state index is 12.4. The second-order valence-corrected chi connectivity index (χ2v) is 9.73. The number of aromatic nitrogens is 1. The first-order valence-corrected chi connectivity index (χ1v) is 13.0. The van der Waals surface area contributed by atoms with Crippen LogP contribution in [0.5, 0.6) is 0 Å². The Bertz CT molecular complexity index is 1090. The van der Waals surface area contributed by atoms with E-state index in [2.05, 4.69) is 66.7 Å². The quantitative estimate of drug-likeness (QED) is 0.291. The first kappa shape index (κ1) is 25.0. The van der Waals surface area contributed by atoms with E-state index in [1.54, 1.807) is 0 Å². The molecule has 1 saturated heterocycles. The highest BCUT2D eigenvalue weighted by atomic mass is 16.5. The Hall–Kier alpha value is -3.14. The molecule has 2 aliphatic rings. The van der Waals surface area contributed by atoms with Gasteiger partial charge >= 0.3 is 0 Å². The van der Waals surface area contributed by atoms with E-state index in [9.17, 15) is 4.79 Å². The van der Waals surface area contributed by atoms with Crippen molar-refractivity contribution in [1.82, 2.24) is 9.88 Å². The molecule has 1 unspecified atom stereocenters. The number of nitrogens with zero attached hydrogens (tertiary/aromatic N) is 2. The molecule has 184 valence electrons. The summed E-state index contributed by atoms with van der Waals surface area (Å²) >= 11 is 0. The van der Waals surface area contributed by atoms with Gasteiger partial charge in [-0.05, 0) is 81.2 Å². The highest BCUT2D eigenvalue weighted by Crippen LogP contribution is 2.35. The van der Waals surface area contributed by atoms with Crippen LogP contribution < -0.4 is 0 Å². The van der Waals surface area contributed by atoms with E-state index >= 15 is 0 Å². The average molecular weight is 471 g/mol. The second-order valence-electron chi connectivity index (χ2n) is 9.73. The van der Waals surface area contributed by atoms with Crippen LogP contribution in [0.15, 0.2) is 78.7 Å². The van der Waals surface area contributed by atoms with Crippen LogP contribution in [-0.2, 0) is 16.0 Å². The van der Waals surface area contributed by atoms with Gasteiger partial charge in [-0.1, -0.05) is 49.9 Å². The lowest BCUT2D eigenvalue weighted by atomic mass is 9.88. The summed E-state index contributed by atoms with van der Waals surface area (Å²) in [7, 11) is 0. The monoisotopic (exact) mass is 470 g/mol. The lowest BCUT2D eigenvalue weighted by molar-refractivity contribution is -0.133. The van der Waals surface area contributed by atoms with Crippen LogP contribution in [0.1, 0.15) is 63.7 Å². The molecule has 1 aliphatic heterocycles. The molecule has 1 amide bonds. The van der Waals surface area contributed by atoms with E-state index in [1.807, 2.05) is 31.3 Å². The summed E-state index contributed by atoms with van der Waals surface area (Å²) in [5.74, 6) is 1.98. The Kier molecular flexibility index (Phi) is 8.22. The van der Waals surface area contributed by atoms with Crippen molar-refractivity contribution >= 4 is 5.91 Å². The number of hydrogen-bond acceptors (Lipinski definition) is 3. The van der Waals surface area contributed by atoms with Crippen molar-refractivity contribution in [3.63, 3.8) is 0 Å². The third-order valence-electron chi connectivity index (χ3n) is 7.24. The van der Waals surface area contributed by atoms with Crippen LogP contribution >= 0.6 is 0 Å². The molecule has 1 aliphatic carbocycles. The minimum absolute atomic E-state index is 0.100. The molecule has 4 nitrogen and oxygen atoms in total. The lowest BCUT2D eigenvalue weighted by Gasteiger charge is -2.32. The summed E-state index contributed by atoms with van der Waals surface area (Å²) in [6, 6.07) is 12.4. The first-order chi connectivity index (χ1) is 17.0. The number of pyridine rings is 1. The molecule has 1 aromatic heterocycles. The van der Waals surface area contributed by atoms with Crippen LogP contribution in [0.25, 0.3) is 11.3 Å². The third kappa shape index (κ3) is 6.11. The first-order valence-electron chi connectivity index (χ1n) is 13.0. The molecule has 0 spiro atoms. The molecule has 4 rings (SSSR count). The number of rotatable bonds is 9. The van der Waals surface area contributed by atoms with Crippen LogP contribution in [0.2, 0.25) is 0 Å². The van der Waals surface area contributed by atoms with Crippen molar-refractivity contribution in [2.75, 3.05) is 13.1 Å². The van der Waals surface area contributed by atoms with E-state index in [4.69, 9.17) is 4.74 Å². The smallest absolute Gasteiger partial charge is 0.225 e. The molecule has 0 bridgehead atoms. The Morgan fingerprint density at radius 3 is 2.51 bits per heavy atom. The van der Waals surface area contributed by atoms with Crippen molar-refractivity contribution in [3.05, 3.63) is 89.9 Å². The number of hydrogen-bond donors (Lipinski definition) is 0. The van der Waals surface area contributed by atoms with Gasteiger partial charge in [0.05, 0.1) is 11.5 Å². The standard InChI is InChI=1S/C31H38N2O2/c1-5-24(26-17-20-33(21-18-26)31(34)27-15-16-27)14-13-22(3)35-23(4)30-25(6-2)10-9-11-28(30)29-12-7-8-19-32-29/h5,7-14,19,23,26-27H,1,6,15-18,20-21H2,2-4H3/b22-13+,24-14+. The van der Waals surface area contributed by atoms with Gasteiger partial charge in [0.25, 0.3) is 0 Å². The summed E-state index contributed by atoms with van der Waals surface area (Å²) in [5.41, 5.74) is 5.79. The van der Waals surface area contributed by atoms with Gasteiger partial charge in [0, 0.05) is 36.3 Å². The molecule has 0 radical (unpaired) electrons. The number of piperidine rings is 1. The number of ether oxygens (including phenoxy) is 1. The molecular formula is C31H38N2O2. The minimum Gasteiger partial charge on any atom is -0.491 e. The molecule has 1 saturated carbocycles. The Labute approximate surface area is 210 Å². The fourth-order valence-electron chi connectivity index (χ4n) is 5.13. The maximum Gasteiger partial charge on any atom is 0.225 e. The molecule has 2 aromatic rings. The number of benzene rings is 1.